The van der Waals surface area contributed by atoms with E-state index in [9.17, 15) is 28.6 Å². The van der Waals surface area contributed by atoms with Crippen LogP contribution < -0.4 is 5.43 Å². The average Bonchev–Trinajstić information content (AvgIpc) is 2.77. The molecular weight excluding hydrogens is 516 g/mol. The standard InChI is InChI=1S/C21H17BrN4O6S/c1-14-2-9-18(10-3-14)33(31,32)13-20(15-4-6-16(22)7-5-15)24-23-19-11-8-17(25(27)28)12-21(19)26(29)30/h2-12,23H,13H2,1H3. The van der Waals surface area contributed by atoms with Gasteiger partial charge in [0.2, 0.25) is 0 Å². The molecule has 0 heterocycles. The first-order valence-electron chi connectivity index (χ1n) is 9.37. The number of hydrogen-bond acceptors (Lipinski definition) is 8. The molecule has 0 amide bonds. The molecule has 0 saturated heterocycles. The van der Waals surface area contributed by atoms with E-state index in [-0.39, 0.29) is 16.3 Å². The summed E-state index contributed by atoms with van der Waals surface area (Å²) in [5, 5.41) is 26.5. The maximum atomic E-state index is 13.0. The highest BCUT2D eigenvalue weighted by Crippen LogP contribution is 2.29. The zero-order valence-corrected chi connectivity index (χ0v) is 19.5. The van der Waals surface area contributed by atoms with Crippen LogP contribution in [0.4, 0.5) is 17.1 Å². The molecule has 10 nitrogen and oxygen atoms in total. The smallest absolute Gasteiger partial charge is 0.271 e. The van der Waals surface area contributed by atoms with Crippen molar-refractivity contribution in [1.29, 1.82) is 0 Å². The average molecular weight is 533 g/mol. The minimum atomic E-state index is -3.79. The van der Waals surface area contributed by atoms with Crippen molar-refractivity contribution in [2.45, 2.75) is 11.8 Å². The van der Waals surface area contributed by atoms with Crippen LogP contribution in [-0.4, -0.2) is 29.7 Å². The summed E-state index contributed by atoms with van der Waals surface area (Å²) in [6.07, 6.45) is 0. The summed E-state index contributed by atoms with van der Waals surface area (Å²) in [6.45, 7) is 1.84. The number of rotatable bonds is 8. The van der Waals surface area contributed by atoms with Crippen molar-refractivity contribution in [3.05, 3.63) is 103 Å². The number of nitrogens with one attached hydrogen (secondary N) is 1. The number of non-ortho nitro benzene ring substituents is 1. The molecule has 0 fully saturated rings. The molecule has 0 aliphatic carbocycles. The van der Waals surface area contributed by atoms with Gasteiger partial charge >= 0.3 is 5.69 Å². The summed E-state index contributed by atoms with van der Waals surface area (Å²) in [6, 6.07) is 16.1. The quantitative estimate of drug-likeness (QED) is 0.247. The second-order valence-corrected chi connectivity index (χ2v) is 9.87. The van der Waals surface area contributed by atoms with E-state index in [4.69, 9.17) is 0 Å². The number of nitro groups is 2. The van der Waals surface area contributed by atoms with Crippen LogP contribution in [0.5, 0.6) is 0 Å². The van der Waals surface area contributed by atoms with E-state index in [2.05, 4.69) is 26.5 Å². The number of aryl methyl sites for hydroxylation is 1. The third kappa shape index (κ3) is 5.99. The number of nitrogens with zero attached hydrogens (tertiary/aromatic N) is 3. The van der Waals surface area contributed by atoms with Crippen molar-refractivity contribution in [2.75, 3.05) is 11.2 Å². The summed E-state index contributed by atoms with van der Waals surface area (Å²) in [5.74, 6) is -0.481. The topological polar surface area (TPSA) is 145 Å². The number of sulfone groups is 1. The second kappa shape index (κ2) is 9.88. The molecule has 0 radical (unpaired) electrons. The highest BCUT2D eigenvalue weighted by atomic mass is 79.9. The molecule has 170 valence electrons. The number of hydrogen-bond donors (Lipinski definition) is 1. The molecule has 0 saturated carbocycles. The van der Waals surface area contributed by atoms with Gasteiger partial charge in [0.15, 0.2) is 9.84 Å². The third-order valence-corrected chi connectivity index (χ3v) is 6.76. The zero-order valence-electron chi connectivity index (χ0n) is 17.1. The van der Waals surface area contributed by atoms with Gasteiger partial charge in [-0.2, -0.15) is 5.10 Å². The summed E-state index contributed by atoms with van der Waals surface area (Å²) >= 11 is 3.32. The van der Waals surface area contributed by atoms with Crippen LogP contribution in [0.2, 0.25) is 0 Å². The number of benzene rings is 3. The molecule has 3 aromatic carbocycles. The van der Waals surface area contributed by atoms with E-state index >= 15 is 0 Å². The number of halogens is 1. The molecule has 0 atom stereocenters. The van der Waals surface area contributed by atoms with Gasteiger partial charge in [-0.25, -0.2) is 8.42 Å². The molecule has 0 aromatic heterocycles. The van der Waals surface area contributed by atoms with Crippen molar-refractivity contribution >= 4 is 48.5 Å². The van der Waals surface area contributed by atoms with Gasteiger partial charge in [-0.1, -0.05) is 45.8 Å². The Morgan fingerprint density at radius 1 is 0.970 bits per heavy atom. The van der Waals surface area contributed by atoms with E-state index in [1.165, 1.54) is 12.1 Å². The van der Waals surface area contributed by atoms with E-state index in [1.807, 2.05) is 6.92 Å². The Balaban J connectivity index is 2.02. The van der Waals surface area contributed by atoms with Gasteiger partial charge in [0.25, 0.3) is 5.69 Å². The first kappa shape index (κ1) is 24.0. The molecule has 3 aromatic rings. The largest absolute Gasteiger partial charge is 0.301 e. The first-order chi connectivity index (χ1) is 15.6. The Hall–Kier alpha value is -3.64. The van der Waals surface area contributed by atoms with Crippen LogP contribution in [0.15, 0.2) is 81.2 Å². The molecule has 0 spiro atoms. The van der Waals surface area contributed by atoms with Crippen molar-refractivity contribution in [3.8, 4) is 0 Å². The SMILES string of the molecule is Cc1ccc(S(=O)(=O)CC(=NNc2ccc([N+](=O)[O-])cc2[N+](=O)[O-])c2ccc(Br)cc2)cc1. The lowest BCUT2D eigenvalue weighted by Crippen LogP contribution is -2.19. The lowest BCUT2D eigenvalue weighted by atomic mass is 10.1. The van der Waals surface area contributed by atoms with Gasteiger partial charge in [0, 0.05) is 10.5 Å². The minimum Gasteiger partial charge on any atom is -0.271 e. The number of nitro benzene ring substituents is 2. The highest BCUT2D eigenvalue weighted by molar-refractivity contribution is 9.10. The summed E-state index contributed by atoms with van der Waals surface area (Å²) in [4.78, 5) is 20.9. The molecule has 12 heteroatoms. The van der Waals surface area contributed by atoms with Crippen LogP contribution in [0.3, 0.4) is 0 Å². The molecule has 0 bridgehead atoms. The monoisotopic (exact) mass is 532 g/mol. The Labute approximate surface area is 197 Å². The molecule has 0 aliphatic rings. The van der Waals surface area contributed by atoms with Crippen LogP contribution >= 0.6 is 15.9 Å². The van der Waals surface area contributed by atoms with Crippen LogP contribution in [0, 0.1) is 27.2 Å². The fraction of sp³-hybridized carbons (Fsp3) is 0.0952. The van der Waals surface area contributed by atoms with Crippen molar-refractivity contribution < 1.29 is 18.3 Å². The normalized spacial score (nSPS) is 11.8. The Kier molecular flexibility index (Phi) is 7.19. The Bertz CT molecular complexity index is 1340. The van der Waals surface area contributed by atoms with E-state index in [0.29, 0.717) is 5.56 Å². The maximum Gasteiger partial charge on any atom is 0.301 e. The molecule has 0 unspecified atom stereocenters. The van der Waals surface area contributed by atoms with Crippen molar-refractivity contribution in [1.82, 2.24) is 0 Å². The number of hydrazone groups is 1. The van der Waals surface area contributed by atoms with E-state index in [1.54, 1.807) is 36.4 Å². The molecule has 3 rings (SSSR count). The van der Waals surface area contributed by atoms with Gasteiger partial charge in [-0.3, -0.25) is 25.7 Å². The lowest BCUT2D eigenvalue weighted by Gasteiger charge is -2.10. The third-order valence-electron chi connectivity index (χ3n) is 4.58. The maximum absolute atomic E-state index is 13.0. The van der Waals surface area contributed by atoms with Crippen molar-refractivity contribution in [2.24, 2.45) is 5.10 Å². The van der Waals surface area contributed by atoms with E-state index < -0.39 is 36.8 Å². The molecular formula is C21H17BrN4O6S. The van der Waals surface area contributed by atoms with Crippen LogP contribution in [-0.2, 0) is 9.84 Å². The second-order valence-electron chi connectivity index (χ2n) is 6.97. The summed E-state index contributed by atoms with van der Waals surface area (Å²) in [5.41, 5.74) is 2.86. The van der Waals surface area contributed by atoms with Gasteiger partial charge in [0.1, 0.15) is 5.69 Å². The predicted octanol–water partition coefficient (Wildman–Crippen LogP) is 4.86. The van der Waals surface area contributed by atoms with Gasteiger partial charge < -0.3 is 0 Å². The summed E-state index contributed by atoms with van der Waals surface area (Å²) in [7, 11) is -3.79. The fourth-order valence-corrected chi connectivity index (χ4v) is 4.41. The lowest BCUT2D eigenvalue weighted by molar-refractivity contribution is -0.393. The molecule has 0 aliphatic heterocycles. The summed E-state index contributed by atoms with van der Waals surface area (Å²) < 4.78 is 26.8. The first-order valence-corrected chi connectivity index (χ1v) is 11.8. The van der Waals surface area contributed by atoms with Gasteiger partial charge in [-0.05, 0) is 42.8 Å². The minimum absolute atomic E-state index is 0.107. The van der Waals surface area contributed by atoms with E-state index in [0.717, 1.165) is 28.2 Å². The zero-order chi connectivity index (χ0) is 24.2. The van der Waals surface area contributed by atoms with Crippen LogP contribution in [0.1, 0.15) is 11.1 Å². The Morgan fingerprint density at radius 2 is 1.61 bits per heavy atom. The highest BCUT2D eigenvalue weighted by Gasteiger charge is 2.22. The van der Waals surface area contributed by atoms with Gasteiger partial charge in [0.05, 0.1) is 32.3 Å². The molecule has 1 N–H and O–H groups in total. The Morgan fingerprint density at radius 3 is 2.18 bits per heavy atom. The number of anilines is 1. The van der Waals surface area contributed by atoms with Gasteiger partial charge in [-0.15, -0.1) is 0 Å². The fourth-order valence-electron chi connectivity index (χ4n) is 2.84. The predicted molar refractivity (Wildman–Crippen MR) is 127 cm³/mol. The van der Waals surface area contributed by atoms with Crippen molar-refractivity contribution in [3.63, 3.8) is 0 Å². The molecule has 33 heavy (non-hydrogen) atoms. The van der Waals surface area contributed by atoms with Crippen LogP contribution in [0.25, 0.3) is 0 Å².